The Morgan fingerprint density at radius 1 is 1.19 bits per heavy atom. The van der Waals surface area contributed by atoms with E-state index in [4.69, 9.17) is 16.9 Å². The van der Waals surface area contributed by atoms with Crippen LogP contribution in [0, 0.1) is 17.1 Å². The van der Waals surface area contributed by atoms with Crippen LogP contribution in [0.5, 0.6) is 0 Å². The fraction of sp³-hybridized carbons (Fsp3) is 0.179. The molecule has 0 spiro atoms. The van der Waals surface area contributed by atoms with Gasteiger partial charge in [0.05, 0.1) is 17.1 Å². The molecule has 8 heteroatoms. The zero-order chi connectivity index (χ0) is 25.1. The number of carbonyl (C=O) groups is 1. The first-order valence-electron chi connectivity index (χ1n) is 11.6. The van der Waals surface area contributed by atoms with Gasteiger partial charge in [-0.2, -0.15) is 5.26 Å². The Labute approximate surface area is 213 Å². The number of nitrogens with zero attached hydrogens (tertiary/aromatic N) is 4. The summed E-state index contributed by atoms with van der Waals surface area (Å²) in [6, 6.07) is 17.4. The number of nitrogens with one attached hydrogen (secondary N) is 1. The minimum absolute atomic E-state index is 0.255. The average Bonchev–Trinajstić information content (AvgIpc) is 3.21. The van der Waals surface area contributed by atoms with Crippen LogP contribution in [0.25, 0.3) is 17.0 Å². The van der Waals surface area contributed by atoms with Crippen molar-refractivity contribution < 1.29 is 9.18 Å². The van der Waals surface area contributed by atoms with Gasteiger partial charge in [0, 0.05) is 49.9 Å². The van der Waals surface area contributed by atoms with Gasteiger partial charge in [-0.25, -0.2) is 14.2 Å². The number of aromatic nitrogens is 2. The van der Waals surface area contributed by atoms with E-state index in [0.29, 0.717) is 35.7 Å². The number of hydrogen-bond acceptors (Lipinski definition) is 4. The van der Waals surface area contributed by atoms with E-state index >= 15 is 0 Å². The van der Waals surface area contributed by atoms with Crippen molar-refractivity contribution in [1.82, 2.24) is 19.8 Å². The van der Waals surface area contributed by atoms with Crippen LogP contribution >= 0.6 is 11.6 Å². The van der Waals surface area contributed by atoms with Gasteiger partial charge in [-0.05, 0) is 59.2 Å². The third-order valence-corrected chi connectivity index (χ3v) is 6.55. The van der Waals surface area contributed by atoms with Crippen LogP contribution in [-0.2, 0) is 19.5 Å². The summed E-state index contributed by atoms with van der Waals surface area (Å²) in [7, 11) is 0. The first kappa shape index (κ1) is 23.7. The first-order valence-corrected chi connectivity index (χ1v) is 12.0. The number of hydrogen-bond donors (Lipinski definition) is 1. The lowest BCUT2D eigenvalue weighted by atomic mass is 10.0. The summed E-state index contributed by atoms with van der Waals surface area (Å²) in [5.74, 6) is -0.327. The van der Waals surface area contributed by atoms with Gasteiger partial charge in [0.15, 0.2) is 0 Å². The molecule has 0 bridgehead atoms. The first-order chi connectivity index (χ1) is 17.5. The molecule has 0 saturated heterocycles. The van der Waals surface area contributed by atoms with Crippen LogP contribution in [0.4, 0.5) is 9.18 Å². The molecule has 2 aromatic heterocycles. The fourth-order valence-corrected chi connectivity index (χ4v) is 4.79. The zero-order valence-corrected chi connectivity index (χ0v) is 20.2. The fourth-order valence-electron chi connectivity index (χ4n) is 4.59. The Morgan fingerprint density at radius 2 is 2.03 bits per heavy atom. The maximum Gasteiger partial charge on any atom is 0.326 e. The van der Waals surface area contributed by atoms with E-state index in [1.165, 1.54) is 12.1 Å². The zero-order valence-electron chi connectivity index (χ0n) is 19.4. The minimum atomic E-state index is -0.327. The van der Waals surface area contributed by atoms with E-state index in [1.807, 2.05) is 18.2 Å². The summed E-state index contributed by atoms with van der Waals surface area (Å²) in [6.45, 7) is 2.42. The Kier molecular flexibility index (Phi) is 6.81. The maximum absolute atomic E-state index is 14.2. The predicted molar refractivity (Wildman–Crippen MR) is 138 cm³/mol. The molecule has 6 nitrogen and oxygen atoms in total. The molecule has 36 heavy (non-hydrogen) atoms. The second-order valence-electron chi connectivity index (χ2n) is 8.69. The third-order valence-electron chi connectivity index (χ3n) is 6.34. The van der Waals surface area contributed by atoms with Crippen molar-refractivity contribution in [1.29, 1.82) is 5.26 Å². The molecule has 0 fully saturated rings. The summed E-state index contributed by atoms with van der Waals surface area (Å²) >= 11 is 5.96. The second-order valence-corrected chi connectivity index (χ2v) is 9.08. The quantitative estimate of drug-likeness (QED) is 0.366. The summed E-state index contributed by atoms with van der Waals surface area (Å²) in [4.78, 5) is 19.5. The average molecular weight is 500 g/mol. The molecular formula is C28H23ClFN5O. The van der Waals surface area contributed by atoms with Crippen LogP contribution in [0.2, 0.25) is 5.15 Å². The van der Waals surface area contributed by atoms with Gasteiger partial charge in [0.1, 0.15) is 11.0 Å². The number of nitriles is 1. The molecule has 0 aliphatic carbocycles. The highest BCUT2D eigenvalue weighted by molar-refractivity contribution is 6.29. The Bertz CT molecular complexity index is 1500. The highest BCUT2D eigenvalue weighted by Gasteiger charge is 2.26. The molecule has 1 N–H and O–H groups in total. The van der Waals surface area contributed by atoms with E-state index in [1.54, 1.807) is 41.1 Å². The van der Waals surface area contributed by atoms with Crippen molar-refractivity contribution >= 4 is 34.6 Å². The molecule has 2 aromatic carbocycles. The minimum Gasteiger partial charge on any atom is -0.333 e. The second kappa shape index (κ2) is 10.3. The molecular weight excluding hydrogens is 477 g/mol. The van der Waals surface area contributed by atoms with Gasteiger partial charge in [-0.15, -0.1) is 0 Å². The van der Waals surface area contributed by atoms with Gasteiger partial charge < -0.3 is 5.32 Å². The molecule has 3 heterocycles. The number of halogens is 2. The SMILES string of the molecule is N#Cc1ccc(C=CCN2CCc3c(c4cc(F)ccc4n3C(=O)NCc3ccnc(Cl)c3)C2)cc1. The molecule has 1 aliphatic heterocycles. The molecule has 4 aromatic rings. The third kappa shape index (κ3) is 5.01. The summed E-state index contributed by atoms with van der Waals surface area (Å²) in [6.07, 6.45) is 6.38. The van der Waals surface area contributed by atoms with Crippen molar-refractivity contribution in [2.45, 2.75) is 19.5 Å². The highest BCUT2D eigenvalue weighted by atomic mass is 35.5. The standard InChI is InChI=1S/C28H23ClFN5O/c29-27-14-21(9-11-32-27)17-33-28(36)35-25-8-7-22(30)15-23(25)24-18-34(13-10-26(24)35)12-1-2-19-3-5-20(16-31)6-4-19/h1-9,11,14-15H,10,12-13,17-18H2,(H,33,36). The monoisotopic (exact) mass is 499 g/mol. The topological polar surface area (TPSA) is 74.0 Å². The normalized spacial score (nSPS) is 13.6. The summed E-state index contributed by atoms with van der Waals surface area (Å²) < 4.78 is 15.9. The molecule has 5 rings (SSSR count). The van der Waals surface area contributed by atoms with Crippen LogP contribution in [0.15, 0.2) is 66.9 Å². The molecule has 1 aliphatic rings. The molecule has 0 unspecified atom stereocenters. The number of fused-ring (bicyclic) bond motifs is 3. The lowest BCUT2D eigenvalue weighted by Crippen LogP contribution is -2.34. The predicted octanol–water partition coefficient (Wildman–Crippen LogP) is 5.53. The lowest BCUT2D eigenvalue weighted by molar-refractivity contribution is 0.240. The summed E-state index contributed by atoms with van der Waals surface area (Å²) in [5, 5.41) is 13.0. The van der Waals surface area contributed by atoms with Gasteiger partial charge in [0.2, 0.25) is 0 Å². The lowest BCUT2D eigenvalue weighted by Gasteiger charge is -2.27. The van der Waals surface area contributed by atoms with Crippen molar-refractivity contribution in [2.24, 2.45) is 0 Å². The molecule has 0 radical (unpaired) electrons. The van der Waals surface area contributed by atoms with Crippen molar-refractivity contribution in [3.8, 4) is 6.07 Å². The van der Waals surface area contributed by atoms with E-state index in [9.17, 15) is 9.18 Å². The van der Waals surface area contributed by atoms with Gasteiger partial charge >= 0.3 is 6.03 Å². The Morgan fingerprint density at radius 3 is 2.81 bits per heavy atom. The number of benzene rings is 2. The van der Waals surface area contributed by atoms with Crippen molar-refractivity contribution in [2.75, 3.05) is 13.1 Å². The van der Waals surface area contributed by atoms with Crippen molar-refractivity contribution in [3.05, 3.63) is 106 Å². The summed E-state index contributed by atoms with van der Waals surface area (Å²) in [5.41, 5.74) is 5.09. The molecule has 0 atom stereocenters. The van der Waals surface area contributed by atoms with Crippen molar-refractivity contribution in [3.63, 3.8) is 0 Å². The van der Waals surface area contributed by atoms with E-state index in [-0.39, 0.29) is 11.8 Å². The van der Waals surface area contributed by atoms with Crippen LogP contribution in [0.3, 0.4) is 0 Å². The van der Waals surface area contributed by atoms with E-state index in [0.717, 1.165) is 40.9 Å². The van der Waals surface area contributed by atoms with Gasteiger partial charge in [0.25, 0.3) is 0 Å². The van der Waals surface area contributed by atoms with Crippen LogP contribution in [-0.4, -0.2) is 33.6 Å². The highest BCUT2D eigenvalue weighted by Crippen LogP contribution is 2.31. The number of pyridine rings is 1. The molecule has 180 valence electrons. The van der Waals surface area contributed by atoms with E-state index in [2.05, 4.69) is 27.3 Å². The maximum atomic E-state index is 14.2. The van der Waals surface area contributed by atoms with Crippen LogP contribution in [0.1, 0.15) is 27.9 Å². The number of amides is 1. The molecule has 0 saturated carbocycles. The Balaban J connectivity index is 1.35. The number of carbonyl (C=O) groups excluding carboxylic acids is 1. The van der Waals surface area contributed by atoms with Crippen LogP contribution < -0.4 is 5.32 Å². The van der Waals surface area contributed by atoms with Gasteiger partial charge in [-0.1, -0.05) is 35.9 Å². The van der Waals surface area contributed by atoms with Gasteiger partial charge in [-0.3, -0.25) is 9.47 Å². The smallest absolute Gasteiger partial charge is 0.326 e. The Hall–Kier alpha value is -3.99. The van der Waals surface area contributed by atoms with E-state index < -0.39 is 0 Å². The number of rotatable bonds is 5. The largest absolute Gasteiger partial charge is 0.333 e. The molecule has 1 amide bonds.